The normalized spacial score (nSPS) is 14.8. The fourth-order valence-corrected chi connectivity index (χ4v) is 6.96. The molecule has 8 aromatic rings. The van der Waals surface area contributed by atoms with E-state index < -0.39 is 0 Å². The Morgan fingerprint density at radius 2 is 1.05 bits per heavy atom. The number of nitrogens with one attached hydrogen (secondary N) is 6. The Hall–Kier alpha value is -6.98. The highest BCUT2D eigenvalue weighted by Crippen LogP contribution is 2.40. The topological polar surface area (TPSA) is 223 Å². The van der Waals surface area contributed by atoms with Crippen molar-refractivity contribution in [2.45, 2.75) is 77.3 Å². The molecule has 2 aliphatic carbocycles. The second-order valence-corrected chi connectivity index (χ2v) is 14.6. The fraction of sp³-hybridized carbons (Fsp3) is 0.350. The van der Waals surface area contributed by atoms with Crippen LogP contribution in [0.25, 0.3) is 22.1 Å². The van der Waals surface area contributed by atoms with Crippen molar-refractivity contribution in [3.63, 3.8) is 0 Å². The van der Waals surface area contributed by atoms with E-state index in [-0.39, 0.29) is 12.1 Å². The summed E-state index contributed by atoms with van der Waals surface area (Å²) in [6.45, 7) is 9.74. The summed E-state index contributed by atoms with van der Waals surface area (Å²) in [6.07, 6.45) is 15.8. The highest BCUT2D eigenvalue weighted by Gasteiger charge is 2.27. The van der Waals surface area contributed by atoms with Crippen LogP contribution in [-0.2, 0) is 0 Å². The monoisotopic (exact) mass is 778 g/mol. The largest absolute Gasteiger partial charge is 0.359 e. The summed E-state index contributed by atoms with van der Waals surface area (Å²) in [5.74, 6) is 6.95. The van der Waals surface area contributed by atoms with Crippen molar-refractivity contribution in [3.8, 4) is 0 Å². The van der Waals surface area contributed by atoms with Crippen molar-refractivity contribution in [2.24, 2.45) is 0 Å². The van der Waals surface area contributed by atoms with Gasteiger partial charge in [-0.1, -0.05) is 0 Å². The second-order valence-electron chi connectivity index (χ2n) is 14.6. The number of H-pyrrole nitrogens is 4. The van der Waals surface area contributed by atoms with Gasteiger partial charge in [-0.05, 0) is 77.6 Å². The molecule has 2 fully saturated rings. The zero-order valence-electron chi connectivity index (χ0n) is 32.8. The van der Waals surface area contributed by atoms with Gasteiger partial charge in [-0.2, -0.15) is 20.2 Å². The van der Waals surface area contributed by atoms with Gasteiger partial charge in [0, 0.05) is 73.2 Å². The molecule has 0 aromatic carbocycles. The van der Waals surface area contributed by atoms with Gasteiger partial charge in [0.05, 0.1) is 46.5 Å². The lowest BCUT2D eigenvalue weighted by Gasteiger charge is -2.27. The number of aromatic nitrogens is 14. The standard InChI is InChI=1S/2C20H23N9/c2*1-3-29(12(2)19-23-11-16-14(24-19)6-8-21-16)20-22-9-7-17(26-20)25-18-10-15(27-28-18)13-4-5-13/h2*6-13,21H,3-5H2,1-2H3,(H2,22,25,26,27,28)/t2*12-/m10/s1. The third-order valence-electron chi connectivity index (χ3n) is 10.5. The van der Waals surface area contributed by atoms with Crippen LogP contribution in [0.15, 0.2) is 73.6 Å². The van der Waals surface area contributed by atoms with Gasteiger partial charge in [0.1, 0.15) is 11.6 Å². The van der Waals surface area contributed by atoms with Gasteiger partial charge in [-0.15, -0.1) is 0 Å². The number of nitrogens with zero attached hydrogens (tertiary/aromatic N) is 12. The van der Waals surface area contributed by atoms with Crippen molar-refractivity contribution in [2.75, 3.05) is 33.5 Å². The van der Waals surface area contributed by atoms with E-state index in [1.54, 1.807) is 12.4 Å². The molecule has 0 aliphatic heterocycles. The minimum atomic E-state index is -0.0681. The van der Waals surface area contributed by atoms with E-state index in [9.17, 15) is 0 Å². The minimum Gasteiger partial charge on any atom is -0.359 e. The van der Waals surface area contributed by atoms with Gasteiger partial charge in [-0.25, -0.2) is 29.9 Å². The summed E-state index contributed by atoms with van der Waals surface area (Å²) in [6, 6.07) is 11.6. The van der Waals surface area contributed by atoms with Gasteiger partial charge < -0.3 is 30.4 Å². The molecule has 2 saturated carbocycles. The maximum Gasteiger partial charge on any atom is 0.227 e. The summed E-state index contributed by atoms with van der Waals surface area (Å²) in [5, 5.41) is 21.4. The Morgan fingerprint density at radius 1 is 0.603 bits per heavy atom. The van der Waals surface area contributed by atoms with Gasteiger partial charge >= 0.3 is 0 Å². The van der Waals surface area contributed by atoms with Crippen LogP contribution < -0.4 is 20.4 Å². The number of rotatable bonds is 14. The number of hydrogen-bond acceptors (Lipinski definition) is 14. The van der Waals surface area contributed by atoms with E-state index in [0.717, 1.165) is 58.4 Å². The quantitative estimate of drug-likeness (QED) is 0.0635. The summed E-state index contributed by atoms with van der Waals surface area (Å²) in [5.41, 5.74) is 6.02. The Balaban J connectivity index is 0.000000150. The van der Waals surface area contributed by atoms with E-state index in [1.807, 2.05) is 49.1 Å². The van der Waals surface area contributed by atoms with E-state index in [1.165, 1.54) is 37.1 Å². The van der Waals surface area contributed by atoms with Gasteiger partial charge in [0.2, 0.25) is 11.9 Å². The molecular formula is C40H46N18. The highest BCUT2D eigenvalue weighted by molar-refractivity contribution is 5.74. The molecule has 2 aliphatic rings. The van der Waals surface area contributed by atoms with Crippen LogP contribution in [0.1, 0.15) is 100 Å². The first-order valence-electron chi connectivity index (χ1n) is 19.9. The molecule has 0 radical (unpaired) electrons. The summed E-state index contributed by atoms with van der Waals surface area (Å²) < 4.78 is 0. The van der Waals surface area contributed by atoms with Crippen molar-refractivity contribution in [1.29, 1.82) is 0 Å². The molecule has 0 saturated heterocycles. The molecule has 0 unspecified atom stereocenters. The first-order chi connectivity index (χ1) is 28.4. The molecule has 0 amide bonds. The first-order valence-corrected chi connectivity index (χ1v) is 19.9. The van der Waals surface area contributed by atoms with Crippen LogP contribution in [0.2, 0.25) is 0 Å². The van der Waals surface area contributed by atoms with Crippen LogP contribution in [0, 0.1) is 0 Å². The zero-order valence-corrected chi connectivity index (χ0v) is 32.8. The fourth-order valence-electron chi connectivity index (χ4n) is 6.96. The Labute approximate surface area is 334 Å². The van der Waals surface area contributed by atoms with Gasteiger partial charge in [0.25, 0.3) is 0 Å². The SMILES string of the molecule is CCN(c1nccc(Nc2cc(C3CC3)[nH]n2)n1)[C@@H](C)c1ncc2[nH]ccc2n1.CCN(c1nccc(Nc2cc(C3CC3)[nH]n2)n1)[C@H](C)c1ncc2[nH]ccc2n1. The number of aromatic amines is 4. The smallest absolute Gasteiger partial charge is 0.227 e. The van der Waals surface area contributed by atoms with Gasteiger partial charge in [0.15, 0.2) is 23.3 Å². The summed E-state index contributed by atoms with van der Waals surface area (Å²) in [4.78, 5) is 47.2. The van der Waals surface area contributed by atoms with Crippen LogP contribution in [0.5, 0.6) is 0 Å². The van der Waals surface area contributed by atoms with Crippen molar-refractivity contribution in [3.05, 3.63) is 96.6 Å². The van der Waals surface area contributed by atoms with Crippen LogP contribution >= 0.6 is 0 Å². The lowest BCUT2D eigenvalue weighted by atomic mass is 10.2. The van der Waals surface area contributed by atoms with Crippen molar-refractivity contribution >= 4 is 57.2 Å². The van der Waals surface area contributed by atoms with E-state index >= 15 is 0 Å². The Kier molecular flexibility index (Phi) is 10.0. The molecule has 296 valence electrons. The molecule has 8 heterocycles. The molecule has 18 heteroatoms. The molecule has 8 aromatic heterocycles. The molecule has 0 spiro atoms. The molecular weight excluding hydrogens is 733 g/mol. The highest BCUT2D eigenvalue weighted by atomic mass is 15.3. The average Bonchev–Trinajstić information content (AvgIpc) is 4.03. The Morgan fingerprint density at radius 3 is 1.47 bits per heavy atom. The van der Waals surface area contributed by atoms with Crippen molar-refractivity contribution in [1.82, 2.24) is 70.2 Å². The average molecular weight is 779 g/mol. The maximum atomic E-state index is 4.70. The number of fused-ring (bicyclic) bond motifs is 2. The van der Waals surface area contributed by atoms with Crippen LogP contribution in [0.3, 0.4) is 0 Å². The maximum absolute atomic E-state index is 4.70. The van der Waals surface area contributed by atoms with Crippen LogP contribution in [0.4, 0.5) is 35.2 Å². The zero-order chi connectivity index (χ0) is 39.6. The van der Waals surface area contributed by atoms with Crippen LogP contribution in [-0.4, -0.2) is 83.3 Å². The third kappa shape index (κ3) is 7.98. The lowest BCUT2D eigenvalue weighted by Crippen LogP contribution is -2.29. The minimum absolute atomic E-state index is 0.0681. The molecule has 18 nitrogen and oxygen atoms in total. The summed E-state index contributed by atoms with van der Waals surface area (Å²) in [7, 11) is 0. The number of hydrogen-bond donors (Lipinski definition) is 6. The molecule has 2 atom stereocenters. The van der Waals surface area contributed by atoms with E-state index in [0.29, 0.717) is 35.4 Å². The van der Waals surface area contributed by atoms with E-state index in [2.05, 4.69) is 121 Å². The lowest BCUT2D eigenvalue weighted by molar-refractivity contribution is 0.634. The Bertz CT molecular complexity index is 2440. The summed E-state index contributed by atoms with van der Waals surface area (Å²) >= 11 is 0. The predicted octanol–water partition coefficient (Wildman–Crippen LogP) is 7.36. The van der Waals surface area contributed by atoms with Crippen molar-refractivity contribution < 1.29 is 0 Å². The molecule has 0 bridgehead atoms. The molecule has 10 rings (SSSR count). The third-order valence-corrected chi connectivity index (χ3v) is 10.5. The van der Waals surface area contributed by atoms with Gasteiger partial charge in [-0.3, -0.25) is 10.2 Å². The number of anilines is 6. The molecule has 6 N–H and O–H groups in total. The van der Waals surface area contributed by atoms with E-state index in [4.69, 9.17) is 9.97 Å². The first kappa shape index (κ1) is 36.6. The second kappa shape index (κ2) is 15.9. The molecule has 58 heavy (non-hydrogen) atoms. The predicted molar refractivity (Wildman–Crippen MR) is 222 cm³/mol.